The maximum atomic E-state index is 12.6. The van der Waals surface area contributed by atoms with Crippen LogP contribution in [0, 0.1) is 4.77 Å². The van der Waals surface area contributed by atoms with Crippen molar-refractivity contribution in [2.75, 3.05) is 6.54 Å². The molecule has 1 aromatic carbocycles. The zero-order valence-corrected chi connectivity index (χ0v) is 17.0. The predicted octanol–water partition coefficient (Wildman–Crippen LogP) is 4.90. The highest BCUT2D eigenvalue weighted by atomic mass is 35.5. The Labute approximate surface area is 170 Å². The van der Waals surface area contributed by atoms with Crippen molar-refractivity contribution in [3.05, 3.63) is 56.1 Å². The number of nitrogens with zero attached hydrogens (tertiary/aromatic N) is 2. The molecule has 2 N–H and O–H groups in total. The van der Waals surface area contributed by atoms with Crippen LogP contribution in [-0.2, 0) is 11.2 Å². The average molecular weight is 427 g/mol. The first-order valence-corrected chi connectivity index (χ1v) is 9.94. The summed E-state index contributed by atoms with van der Waals surface area (Å²) in [4.78, 5) is 13.5. The topological polar surface area (TPSA) is 62.7 Å². The highest BCUT2D eigenvalue weighted by molar-refractivity contribution is 7.71. The Bertz CT molecular complexity index is 966. The summed E-state index contributed by atoms with van der Waals surface area (Å²) in [5.74, 6) is 0.518. The summed E-state index contributed by atoms with van der Waals surface area (Å²) < 4.78 is 2.14. The number of benzene rings is 1. The van der Waals surface area contributed by atoms with E-state index in [9.17, 15) is 4.79 Å². The van der Waals surface area contributed by atoms with Crippen LogP contribution in [0.25, 0.3) is 10.7 Å². The predicted molar refractivity (Wildman–Crippen MR) is 109 cm³/mol. The number of amides is 1. The van der Waals surface area contributed by atoms with Crippen molar-refractivity contribution in [2.45, 2.75) is 19.4 Å². The Morgan fingerprint density at radius 2 is 2.19 bits per heavy atom. The van der Waals surface area contributed by atoms with Crippen LogP contribution < -0.4 is 5.32 Å². The van der Waals surface area contributed by atoms with Gasteiger partial charge in [-0.05, 0) is 48.6 Å². The number of nitrogens with one attached hydrogen (secondary N) is 2. The van der Waals surface area contributed by atoms with E-state index >= 15 is 0 Å². The normalized spacial score (nSPS) is 12.1. The number of aromatic amines is 1. The van der Waals surface area contributed by atoms with E-state index in [4.69, 9.17) is 35.4 Å². The number of thiophene rings is 1. The first-order valence-electron chi connectivity index (χ1n) is 7.90. The smallest absolute Gasteiger partial charge is 0.242 e. The fourth-order valence-electron chi connectivity index (χ4n) is 2.57. The van der Waals surface area contributed by atoms with Crippen molar-refractivity contribution in [3.8, 4) is 10.7 Å². The minimum Gasteiger partial charge on any atom is -0.354 e. The Morgan fingerprint density at radius 3 is 2.92 bits per heavy atom. The van der Waals surface area contributed by atoms with Crippen LogP contribution in [0.5, 0.6) is 0 Å². The first-order chi connectivity index (χ1) is 12.5. The molecule has 0 aliphatic carbocycles. The van der Waals surface area contributed by atoms with Crippen molar-refractivity contribution in [1.82, 2.24) is 20.1 Å². The van der Waals surface area contributed by atoms with Gasteiger partial charge in [0.25, 0.3) is 0 Å². The highest BCUT2D eigenvalue weighted by Gasteiger charge is 2.21. The molecule has 2 aromatic heterocycles. The lowest BCUT2D eigenvalue weighted by molar-refractivity contribution is -0.123. The quantitative estimate of drug-likeness (QED) is 0.551. The molecular weight excluding hydrogens is 411 g/mol. The number of rotatable bonds is 6. The largest absolute Gasteiger partial charge is 0.354 e. The minimum absolute atomic E-state index is 0.140. The third-order valence-corrected chi connectivity index (χ3v) is 5.95. The molecule has 0 fully saturated rings. The maximum absolute atomic E-state index is 12.6. The van der Waals surface area contributed by atoms with Crippen LogP contribution in [0.3, 0.4) is 0 Å². The van der Waals surface area contributed by atoms with Crippen LogP contribution in [-0.4, -0.2) is 27.2 Å². The van der Waals surface area contributed by atoms with Gasteiger partial charge in [0, 0.05) is 6.54 Å². The van der Waals surface area contributed by atoms with Crippen molar-refractivity contribution in [1.29, 1.82) is 0 Å². The number of hydrogen-bond donors (Lipinski definition) is 2. The summed E-state index contributed by atoms with van der Waals surface area (Å²) in [5, 5.41) is 12.9. The molecular formula is C17H16Cl2N4OS2. The summed E-state index contributed by atoms with van der Waals surface area (Å²) in [7, 11) is 0. The van der Waals surface area contributed by atoms with Gasteiger partial charge in [-0.25, -0.2) is 0 Å². The second kappa shape index (κ2) is 8.35. The van der Waals surface area contributed by atoms with Crippen LogP contribution >= 0.6 is 46.8 Å². The number of aromatic nitrogens is 3. The van der Waals surface area contributed by atoms with Gasteiger partial charge in [0.05, 0.1) is 14.9 Å². The SMILES string of the molecule is CC(C(=O)NCCc1cccc(Cl)c1Cl)n1c(-c2cccs2)n[nH]c1=S. The van der Waals surface area contributed by atoms with Crippen molar-refractivity contribution in [3.63, 3.8) is 0 Å². The molecule has 1 unspecified atom stereocenters. The summed E-state index contributed by atoms with van der Waals surface area (Å²) in [6.45, 7) is 2.24. The summed E-state index contributed by atoms with van der Waals surface area (Å²) >= 11 is 19.0. The summed E-state index contributed by atoms with van der Waals surface area (Å²) in [6.07, 6.45) is 0.590. The van der Waals surface area contributed by atoms with Gasteiger partial charge in [-0.2, -0.15) is 5.10 Å². The first kappa shape index (κ1) is 19.1. The Morgan fingerprint density at radius 1 is 1.38 bits per heavy atom. The van der Waals surface area contributed by atoms with E-state index in [0.717, 1.165) is 10.4 Å². The van der Waals surface area contributed by atoms with Gasteiger partial charge in [0.2, 0.25) is 5.91 Å². The molecule has 3 aromatic rings. The average Bonchev–Trinajstić information content (AvgIpc) is 3.27. The van der Waals surface area contributed by atoms with E-state index in [1.165, 1.54) is 0 Å². The molecule has 5 nitrogen and oxygen atoms in total. The Kier molecular flexibility index (Phi) is 6.13. The van der Waals surface area contributed by atoms with E-state index in [1.807, 2.05) is 29.6 Å². The zero-order chi connectivity index (χ0) is 18.7. The standard InChI is InChI=1S/C17H16Cl2N4OS2/c1-10(23-15(21-22-17(23)25)13-6-3-9-26-13)16(24)20-8-7-11-4-2-5-12(18)14(11)19/h2-6,9-10H,7-8H2,1H3,(H,20,24)(H,22,25). The molecule has 0 aliphatic heterocycles. The van der Waals surface area contributed by atoms with Gasteiger partial charge < -0.3 is 5.32 Å². The molecule has 0 bridgehead atoms. The van der Waals surface area contributed by atoms with E-state index in [-0.39, 0.29) is 5.91 Å². The molecule has 0 saturated carbocycles. The van der Waals surface area contributed by atoms with Gasteiger partial charge >= 0.3 is 0 Å². The molecule has 0 saturated heterocycles. The third-order valence-electron chi connectivity index (χ3n) is 3.94. The number of halogens is 2. The second-order valence-electron chi connectivity index (χ2n) is 5.63. The minimum atomic E-state index is -0.492. The Hall–Kier alpha value is -1.67. The molecule has 0 spiro atoms. The van der Waals surface area contributed by atoms with Gasteiger partial charge in [0.1, 0.15) is 6.04 Å². The van der Waals surface area contributed by atoms with Crippen LogP contribution in [0.4, 0.5) is 0 Å². The fourth-order valence-corrected chi connectivity index (χ4v) is 3.99. The zero-order valence-electron chi connectivity index (χ0n) is 13.8. The van der Waals surface area contributed by atoms with Gasteiger partial charge in [0.15, 0.2) is 10.6 Å². The molecule has 9 heteroatoms. The van der Waals surface area contributed by atoms with Crippen molar-refractivity contribution >= 4 is 52.7 Å². The molecule has 3 rings (SSSR count). The molecule has 26 heavy (non-hydrogen) atoms. The lowest BCUT2D eigenvalue weighted by Crippen LogP contribution is -2.32. The lowest BCUT2D eigenvalue weighted by atomic mass is 10.1. The van der Waals surface area contributed by atoms with Gasteiger partial charge in [-0.1, -0.05) is 41.4 Å². The number of hydrogen-bond acceptors (Lipinski definition) is 4. The summed E-state index contributed by atoms with van der Waals surface area (Å²) in [6, 6.07) is 8.85. The maximum Gasteiger partial charge on any atom is 0.242 e. The van der Waals surface area contributed by atoms with Crippen LogP contribution in [0.1, 0.15) is 18.5 Å². The molecule has 0 aliphatic rings. The number of H-pyrrole nitrogens is 1. The number of carbonyl (C=O) groups is 1. The fraction of sp³-hybridized carbons (Fsp3) is 0.235. The number of carbonyl (C=O) groups excluding carboxylic acids is 1. The Balaban J connectivity index is 1.68. The molecule has 1 atom stereocenters. The van der Waals surface area contributed by atoms with E-state index in [0.29, 0.717) is 33.6 Å². The van der Waals surface area contributed by atoms with Gasteiger partial charge in [-0.3, -0.25) is 14.5 Å². The lowest BCUT2D eigenvalue weighted by Gasteiger charge is -2.15. The third kappa shape index (κ3) is 4.01. The molecule has 2 heterocycles. The summed E-state index contributed by atoms with van der Waals surface area (Å²) in [5.41, 5.74) is 0.895. The molecule has 0 radical (unpaired) electrons. The van der Waals surface area contributed by atoms with Crippen molar-refractivity contribution in [2.24, 2.45) is 0 Å². The monoisotopic (exact) mass is 426 g/mol. The second-order valence-corrected chi connectivity index (χ2v) is 7.75. The highest BCUT2D eigenvalue weighted by Crippen LogP contribution is 2.26. The van der Waals surface area contributed by atoms with Gasteiger partial charge in [-0.15, -0.1) is 11.3 Å². The van der Waals surface area contributed by atoms with Crippen LogP contribution in [0.15, 0.2) is 35.7 Å². The molecule has 1 amide bonds. The van der Waals surface area contributed by atoms with Crippen molar-refractivity contribution < 1.29 is 4.79 Å². The molecule has 136 valence electrons. The van der Waals surface area contributed by atoms with Crippen LogP contribution in [0.2, 0.25) is 10.0 Å². The van der Waals surface area contributed by atoms with E-state index in [1.54, 1.807) is 28.9 Å². The van der Waals surface area contributed by atoms with E-state index in [2.05, 4.69) is 15.5 Å². The van der Waals surface area contributed by atoms with E-state index < -0.39 is 6.04 Å².